The fraction of sp³-hybridized carbons (Fsp3) is 0.875. The van der Waals surface area contributed by atoms with Crippen LogP contribution in [0.3, 0.4) is 0 Å². The molecule has 4 heteroatoms. The first kappa shape index (κ1) is 9.32. The Morgan fingerprint density at radius 2 is 2.33 bits per heavy atom. The van der Waals surface area contributed by atoms with E-state index in [1.807, 2.05) is 13.8 Å². The number of nitrogens with one attached hydrogen (secondary N) is 1. The van der Waals surface area contributed by atoms with Crippen LogP contribution in [0.1, 0.15) is 13.8 Å². The Balaban J connectivity index is 0.000000336. The molecule has 4 nitrogen and oxygen atoms in total. The van der Waals surface area contributed by atoms with Crippen molar-refractivity contribution in [3.8, 4) is 0 Å². The topological polar surface area (TPSA) is 41.6 Å². The highest BCUT2D eigenvalue weighted by molar-refractivity contribution is 5.70. The normalized spacial score (nSPS) is 27.0. The number of carbonyl (C=O) groups excluding carboxylic acids is 1. The number of rotatable bonds is 0. The van der Waals surface area contributed by atoms with Crippen LogP contribution in [-0.4, -0.2) is 43.3 Å². The van der Waals surface area contributed by atoms with E-state index in [-0.39, 0.29) is 6.09 Å². The van der Waals surface area contributed by atoms with Crippen molar-refractivity contribution in [2.45, 2.75) is 19.9 Å². The molecule has 2 aliphatic heterocycles. The van der Waals surface area contributed by atoms with Crippen molar-refractivity contribution in [3.05, 3.63) is 0 Å². The number of cyclic esters (lactones) is 1. The predicted octanol–water partition coefficient (Wildman–Crippen LogP) is 0.437. The Labute approximate surface area is 72.9 Å². The molecule has 1 amide bonds. The van der Waals surface area contributed by atoms with Crippen LogP contribution in [-0.2, 0) is 4.74 Å². The predicted molar refractivity (Wildman–Crippen MR) is 46.1 cm³/mol. The third-order valence-corrected chi connectivity index (χ3v) is 1.98. The van der Waals surface area contributed by atoms with Gasteiger partial charge in [0, 0.05) is 19.6 Å². The van der Waals surface area contributed by atoms with Gasteiger partial charge in [-0.05, 0) is 0 Å². The van der Waals surface area contributed by atoms with Gasteiger partial charge in [0.05, 0.1) is 6.04 Å². The minimum absolute atomic E-state index is 0.147. The number of amides is 1. The average Bonchev–Trinajstić information content (AvgIpc) is 2.53. The minimum Gasteiger partial charge on any atom is -0.447 e. The molecule has 1 atom stereocenters. The van der Waals surface area contributed by atoms with Crippen LogP contribution >= 0.6 is 0 Å². The molecule has 0 aliphatic carbocycles. The third kappa shape index (κ3) is 1.69. The molecule has 0 aromatic rings. The van der Waals surface area contributed by atoms with Gasteiger partial charge in [0.2, 0.25) is 0 Å². The molecule has 0 radical (unpaired) electrons. The summed E-state index contributed by atoms with van der Waals surface area (Å²) < 4.78 is 4.85. The summed E-state index contributed by atoms with van der Waals surface area (Å²) >= 11 is 0. The number of hydrogen-bond donors (Lipinski definition) is 1. The molecule has 1 unspecified atom stereocenters. The van der Waals surface area contributed by atoms with E-state index < -0.39 is 0 Å². The van der Waals surface area contributed by atoms with Crippen molar-refractivity contribution in [3.63, 3.8) is 0 Å². The Morgan fingerprint density at radius 1 is 1.58 bits per heavy atom. The summed E-state index contributed by atoms with van der Waals surface area (Å²) in [7, 11) is 0. The number of hydrogen-bond acceptors (Lipinski definition) is 3. The lowest BCUT2D eigenvalue weighted by Crippen LogP contribution is -2.49. The lowest BCUT2D eigenvalue weighted by Gasteiger charge is -2.26. The number of nitrogens with zero attached hydrogens (tertiary/aromatic N) is 1. The van der Waals surface area contributed by atoms with E-state index in [4.69, 9.17) is 4.74 Å². The summed E-state index contributed by atoms with van der Waals surface area (Å²) in [5.74, 6) is 0. The van der Waals surface area contributed by atoms with E-state index in [1.165, 1.54) is 0 Å². The van der Waals surface area contributed by atoms with E-state index in [1.54, 1.807) is 4.90 Å². The zero-order valence-corrected chi connectivity index (χ0v) is 7.67. The number of piperazine rings is 1. The summed E-state index contributed by atoms with van der Waals surface area (Å²) in [6.07, 6.45) is -0.147. The average molecular weight is 172 g/mol. The second kappa shape index (κ2) is 4.30. The lowest BCUT2D eigenvalue weighted by atomic mass is 10.2. The third-order valence-electron chi connectivity index (χ3n) is 1.98. The maximum atomic E-state index is 10.9. The van der Waals surface area contributed by atoms with Gasteiger partial charge in [0.15, 0.2) is 0 Å². The van der Waals surface area contributed by atoms with Gasteiger partial charge in [-0.15, -0.1) is 0 Å². The van der Waals surface area contributed by atoms with Gasteiger partial charge in [0.1, 0.15) is 6.61 Å². The van der Waals surface area contributed by atoms with E-state index in [0.29, 0.717) is 12.6 Å². The summed E-state index contributed by atoms with van der Waals surface area (Å²) in [6.45, 7) is 7.13. The Bertz CT molecular complexity index is 161. The van der Waals surface area contributed by atoms with Crippen LogP contribution in [0.5, 0.6) is 0 Å². The lowest BCUT2D eigenvalue weighted by molar-refractivity contribution is 0.155. The largest absolute Gasteiger partial charge is 0.447 e. The smallest absolute Gasteiger partial charge is 0.410 e. The summed E-state index contributed by atoms with van der Waals surface area (Å²) in [5, 5.41) is 3.20. The van der Waals surface area contributed by atoms with Gasteiger partial charge >= 0.3 is 6.09 Å². The maximum absolute atomic E-state index is 10.9. The molecule has 2 aliphatic rings. The SMILES string of the molecule is CC.O=C1OCC2CNCCN12. The van der Waals surface area contributed by atoms with Gasteiger partial charge in [-0.1, -0.05) is 13.8 Å². The molecule has 0 spiro atoms. The Kier molecular flexibility index (Phi) is 3.34. The fourth-order valence-corrected chi connectivity index (χ4v) is 1.40. The zero-order chi connectivity index (χ0) is 8.97. The highest BCUT2D eigenvalue weighted by Crippen LogP contribution is 2.12. The Hall–Kier alpha value is -0.770. The van der Waals surface area contributed by atoms with E-state index >= 15 is 0 Å². The van der Waals surface area contributed by atoms with Crippen molar-refractivity contribution in [2.75, 3.05) is 26.2 Å². The number of fused-ring (bicyclic) bond motifs is 1. The summed E-state index contributed by atoms with van der Waals surface area (Å²) in [5.41, 5.74) is 0. The van der Waals surface area contributed by atoms with Crippen LogP contribution in [0.25, 0.3) is 0 Å². The minimum atomic E-state index is -0.147. The van der Waals surface area contributed by atoms with Crippen molar-refractivity contribution < 1.29 is 9.53 Å². The summed E-state index contributed by atoms with van der Waals surface area (Å²) in [6, 6.07) is 0.293. The number of carbonyl (C=O) groups is 1. The van der Waals surface area contributed by atoms with Crippen LogP contribution in [0.4, 0.5) is 4.79 Å². The van der Waals surface area contributed by atoms with Crippen LogP contribution in [0.15, 0.2) is 0 Å². The van der Waals surface area contributed by atoms with Gasteiger partial charge in [-0.25, -0.2) is 4.79 Å². The van der Waals surface area contributed by atoms with Gasteiger partial charge in [0.25, 0.3) is 0 Å². The monoisotopic (exact) mass is 172 g/mol. The molecule has 2 rings (SSSR count). The molecule has 12 heavy (non-hydrogen) atoms. The van der Waals surface area contributed by atoms with Crippen molar-refractivity contribution >= 4 is 6.09 Å². The second-order valence-corrected chi connectivity index (χ2v) is 2.63. The first-order valence-electron chi connectivity index (χ1n) is 4.52. The van der Waals surface area contributed by atoms with Crippen molar-refractivity contribution in [1.29, 1.82) is 0 Å². The van der Waals surface area contributed by atoms with Crippen LogP contribution in [0.2, 0.25) is 0 Å². The standard InChI is InChI=1S/C6H10N2O2.C2H6/c9-6-8-2-1-7-3-5(8)4-10-6;1-2/h5,7H,1-4H2;1-2H3. The zero-order valence-electron chi connectivity index (χ0n) is 7.67. The first-order valence-corrected chi connectivity index (χ1v) is 4.52. The molecule has 2 saturated heterocycles. The molecule has 2 fully saturated rings. The van der Waals surface area contributed by atoms with Gasteiger partial charge < -0.3 is 10.1 Å². The van der Waals surface area contributed by atoms with Crippen molar-refractivity contribution in [2.24, 2.45) is 0 Å². The van der Waals surface area contributed by atoms with Gasteiger partial charge in [-0.3, -0.25) is 4.90 Å². The van der Waals surface area contributed by atoms with Crippen molar-refractivity contribution in [1.82, 2.24) is 10.2 Å². The molecule has 1 N–H and O–H groups in total. The molecule has 0 bridgehead atoms. The molecular formula is C8H16N2O2. The summed E-state index contributed by atoms with van der Waals surface area (Å²) in [4.78, 5) is 12.7. The second-order valence-electron chi connectivity index (χ2n) is 2.63. The number of ether oxygens (including phenoxy) is 1. The highest BCUT2D eigenvalue weighted by atomic mass is 16.6. The van der Waals surface area contributed by atoms with E-state index in [9.17, 15) is 4.79 Å². The first-order chi connectivity index (χ1) is 5.88. The van der Waals surface area contributed by atoms with E-state index in [2.05, 4.69) is 5.32 Å². The van der Waals surface area contributed by atoms with E-state index in [0.717, 1.165) is 19.6 Å². The molecule has 70 valence electrons. The molecule has 0 aromatic heterocycles. The van der Waals surface area contributed by atoms with Crippen LogP contribution in [0, 0.1) is 0 Å². The molecule has 0 saturated carbocycles. The quantitative estimate of drug-likeness (QED) is 0.576. The molecular weight excluding hydrogens is 156 g/mol. The van der Waals surface area contributed by atoms with Gasteiger partial charge in [-0.2, -0.15) is 0 Å². The van der Waals surface area contributed by atoms with Crippen LogP contribution < -0.4 is 5.32 Å². The maximum Gasteiger partial charge on any atom is 0.410 e. The Morgan fingerprint density at radius 3 is 3.00 bits per heavy atom. The fourth-order valence-electron chi connectivity index (χ4n) is 1.40. The molecule has 0 aromatic carbocycles. The molecule has 2 heterocycles. The highest BCUT2D eigenvalue weighted by Gasteiger charge is 2.34.